The first-order valence-corrected chi connectivity index (χ1v) is 8.64. The predicted octanol–water partition coefficient (Wildman–Crippen LogP) is 3.64. The molecule has 0 unspecified atom stereocenters. The average molecular weight is 344 g/mol. The first kappa shape index (κ1) is 17.3. The van der Waals surface area contributed by atoms with Crippen LogP contribution >= 0.6 is 0 Å². The Balaban J connectivity index is 1.80. The van der Waals surface area contributed by atoms with Crippen molar-refractivity contribution in [3.05, 3.63) is 29.5 Å². The Bertz CT molecular complexity index is 712. The summed E-state index contributed by atoms with van der Waals surface area (Å²) in [5, 5.41) is 8.91. The van der Waals surface area contributed by atoms with Crippen LogP contribution in [-0.4, -0.2) is 48.4 Å². The summed E-state index contributed by atoms with van der Waals surface area (Å²) >= 11 is 0. The number of aliphatic hydroxyl groups is 1. The third-order valence-corrected chi connectivity index (χ3v) is 4.65. The van der Waals surface area contributed by atoms with Crippen LogP contribution in [0.3, 0.4) is 0 Å². The summed E-state index contributed by atoms with van der Waals surface area (Å²) in [4.78, 5) is 19.2. The number of fused-ring (bicyclic) bond motifs is 2. The van der Waals surface area contributed by atoms with E-state index in [0.29, 0.717) is 29.4 Å². The van der Waals surface area contributed by atoms with E-state index >= 15 is 0 Å². The molecule has 1 aromatic carbocycles. The number of benzene rings is 1. The van der Waals surface area contributed by atoms with Crippen LogP contribution in [0.2, 0.25) is 0 Å². The topological polar surface area (TPSA) is 71.4 Å². The van der Waals surface area contributed by atoms with Gasteiger partial charge >= 0.3 is 0 Å². The molecule has 2 aliphatic rings. The number of aliphatic imine (C=N–C) groups is 1. The van der Waals surface area contributed by atoms with Crippen LogP contribution in [0.5, 0.6) is 11.5 Å². The van der Waals surface area contributed by atoms with Crippen LogP contribution in [0.15, 0.2) is 29.0 Å². The second-order valence-corrected chi connectivity index (χ2v) is 6.43. The van der Waals surface area contributed by atoms with Crippen molar-refractivity contribution in [1.29, 1.82) is 0 Å². The molecule has 1 amide bonds. The summed E-state index contributed by atoms with van der Waals surface area (Å²) in [7, 11) is 1.57. The normalized spacial score (nSPS) is 19.4. The van der Waals surface area contributed by atoms with Crippen LogP contribution in [0, 0.1) is 0 Å². The maximum atomic E-state index is 12.8. The number of carbonyl (C=O) groups excluding carboxylic acids is 1. The highest BCUT2D eigenvalue weighted by Gasteiger charge is 2.32. The van der Waals surface area contributed by atoms with E-state index in [1.54, 1.807) is 19.2 Å². The summed E-state index contributed by atoms with van der Waals surface area (Å²) in [6.45, 7) is 3.13. The average Bonchev–Trinajstić information content (AvgIpc) is 3.06. The Morgan fingerprint density at radius 2 is 2.28 bits per heavy atom. The van der Waals surface area contributed by atoms with Crippen molar-refractivity contribution in [2.45, 2.75) is 38.6 Å². The minimum Gasteiger partial charge on any atom is -0.516 e. The molecule has 0 radical (unpaired) electrons. The van der Waals surface area contributed by atoms with Gasteiger partial charge in [0.2, 0.25) is 0 Å². The highest BCUT2D eigenvalue weighted by molar-refractivity contribution is 6.03. The zero-order valence-electron chi connectivity index (χ0n) is 14.7. The minimum atomic E-state index is 0.00329. The molecule has 1 saturated heterocycles. The molecular formula is C19H24N2O4. The lowest BCUT2D eigenvalue weighted by atomic mass is 10.1. The number of hydrogen-bond acceptors (Lipinski definition) is 5. The molecule has 1 aromatic rings. The molecule has 6 heteroatoms. The van der Waals surface area contributed by atoms with E-state index in [4.69, 9.17) is 14.6 Å². The maximum absolute atomic E-state index is 12.8. The van der Waals surface area contributed by atoms with E-state index in [9.17, 15) is 4.79 Å². The van der Waals surface area contributed by atoms with Crippen molar-refractivity contribution in [3.8, 4) is 11.5 Å². The van der Waals surface area contributed by atoms with Gasteiger partial charge in [0.05, 0.1) is 37.3 Å². The molecular weight excluding hydrogens is 320 g/mol. The zero-order valence-corrected chi connectivity index (χ0v) is 14.7. The predicted molar refractivity (Wildman–Crippen MR) is 96.3 cm³/mol. The largest absolute Gasteiger partial charge is 0.516 e. The molecule has 0 bridgehead atoms. The molecule has 134 valence electrons. The number of rotatable bonds is 6. The number of amides is 1. The first-order valence-electron chi connectivity index (χ1n) is 8.64. The van der Waals surface area contributed by atoms with Gasteiger partial charge in [0.15, 0.2) is 11.5 Å². The highest BCUT2D eigenvalue weighted by atomic mass is 16.5. The molecule has 1 atom stereocenters. The van der Waals surface area contributed by atoms with Gasteiger partial charge in [-0.3, -0.25) is 9.79 Å². The van der Waals surface area contributed by atoms with Crippen molar-refractivity contribution >= 4 is 17.8 Å². The maximum Gasteiger partial charge on any atom is 0.256 e. The summed E-state index contributed by atoms with van der Waals surface area (Å²) in [6.07, 6.45) is 6.50. The van der Waals surface area contributed by atoms with E-state index in [-0.39, 0.29) is 11.9 Å². The minimum absolute atomic E-state index is 0.00329. The lowest BCUT2D eigenvalue weighted by Gasteiger charge is -2.20. The Kier molecular flexibility index (Phi) is 5.26. The molecule has 25 heavy (non-hydrogen) atoms. The van der Waals surface area contributed by atoms with Gasteiger partial charge in [-0.15, -0.1) is 0 Å². The lowest BCUT2D eigenvalue weighted by molar-refractivity contribution is 0.0774. The van der Waals surface area contributed by atoms with Gasteiger partial charge < -0.3 is 19.5 Å². The second kappa shape index (κ2) is 7.59. The van der Waals surface area contributed by atoms with Crippen LogP contribution in [0.25, 0.3) is 0 Å². The molecule has 2 heterocycles. The monoisotopic (exact) mass is 344 g/mol. The van der Waals surface area contributed by atoms with Gasteiger partial charge in [0.1, 0.15) is 0 Å². The Morgan fingerprint density at radius 3 is 3.04 bits per heavy atom. The van der Waals surface area contributed by atoms with Crippen molar-refractivity contribution in [3.63, 3.8) is 0 Å². The molecule has 0 aliphatic carbocycles. The zero-order chi connectivity index (χ0) is 17.8. The summed E-state index contributed by atoms with van der Waals surface area (Å²) in [5.74, 6) is 1.12. The third-order valence-electron chi connectivity index (χ3n) is 4.65. The number of aliphatic hydroxyl groups excluding tert-OH is 1. The van der Waals surface area contributed by atoms with Crippen LogP contribution in [-0.2, 0) is 0 Å². The van der Waals surface area contributed by atoms with Crippen molar-refractivity contribution in [2.75, 3.05) is 20.3 Å². The number of carbonyl (C=O) groups is 1. The number of nitrogens with zero attached hydrogens (tertiary/aromatic N) is 2. The smallest absolute Gasteiger partial charge is 0.256 e. The van der Waals surface area contributed by atoms with E-state index in [0.717, 1.165) is 44.1 Å². The summed E-state index contributed by atoms with van der Waals surface area (Å²) in [6, 6.07) is 3.59. The number of ether oxygens (including phenoxy) is 2. The molecule has 0 saturated carbocycles. The lowest BCUT2D eigenvalue weighted by Crippen LogP contribution is -2.35. The number of hydrogen-bond donors (Lipinski definition) is 1. The highest BCUT2D eigenvalue weighted by Crippen LogP contribution is 2.38. The van der Waals surface area contributed by atoms with Crippen LogP contribution in [0.1, 0.15) is 43.0 Å². The van der Waals surface area contributed by atoms with Gasteiger partial charge in [-0.25, -0.2) is 0 Å². The number of methoxy groups -OCH3 is 1. The second-order valence-electron chi connectivity index (χ2n) is 6.43. The Labute approximate surface area is 147 Å². The van der Waals surface area contributed by atoms with E-state index in [1.807, 2.05) is 18.0 Å². The molecule has 0 aromatic heterocycles. The van der Waals surface area contributed by atoms with Gasteiger partial charge in [-0.2, -0.15) is 0 Å². The Morgan fingerprint density at radius 1 is 1.44 bits per heavy atom. The third kappa shape index (κ3) is 3.62. The first-order chi connectivity index (χ1) is 12.1. The van der Waals surface area contributed by atoms with E-state index in [2.05, 4.69) is 4.99 Å². The fourth-order valence-electron chi connectivity index (χ4n) is 3.22. The van der Waals surface area contributed by atoms with E-state index < -0.39 is 0 Å². The SMILES string of the molecule is COc1cc2c(cc1OCCC/C(C)=C\O)N=C[C@@H]1CCCN1C2=O. The summed E-state index contributed by atoms with van der Waals surface area (Å²) < 4.78 is 11.2. The van der Waals surface area contributed by atoms with Crippen LogP contribution < -0.4 is 9.47 Å². The molecule has 1 N–H and O–H groups in total. The van der Waals surface area contributed by atoms with Gasteiger partial charge in [0, 0.05) is 18.8 Å². The Hall–Kier alpha value is -2.50. The molecule has 3 rings (SSSR count). The van der Waals surface area contributed by atoms with Crippen molar-refractivity contribution < 1.29 is 19.4 Å². The summed E-state index contributed by atoms with van der Waals surface area (Å²) in [5.41, 5.74) is 2.10. The van der Waals surface area contributed by atoms with Gasteiger partial charge in [-0.05, 0) is 44.2 Å². The number of allylic oxidation sites excluding steroid dienone is 1. The van der Waals surface area contributed by atoms with Crippen molar-refractivity contribution in [2.24, 2.45) is 4.99 Å². The van der Waals surface area contributed by atoms with E-state index in [1.165, 1.54) is 0 Å². The van der Waals surface area contributed by atoms with Crippen LogP contribution in [0.4, 0.5) is 5.69 Å². The molecule has 0 spiro atoms. The standard InChI is InChI=1S/C19H24N2O4/c1-13(12-22)5-4-8-25-18-10-16-15(9-17(18)24-2)19(23)21-7-3-6-14(21)11-20-16/h9-12,14,22H,3-8H2,1-2H3/b13-12-/t14-/m0/s1. The van der Waals surface area contributed by atoms with Gasteiger partial charge in [-0.1, -0.05) is 0 Å². The fraction of sp³-hybridized carbons (Fsp3) is 0.474. The molecule has 2 aliphatic heterocycles. The fourth-order valence-corrected chi connectivity index (χ4v) is 3.22. The van der Waals surface area contributed by atoms with Gasteiger partial charge in [0.25, 0.3) is 5.91 Å². The molecule has 6 nitrogen and oxygen atoms in total. The quantitative estimate of drug-likeness (QED) is 0.632. The molecule has 1 fully saturated rings. The van der Waals surface area contributed by atoms with Crippen molar-refractivity contribution in [1.82, 2.24) is 4.90 Å².